The molecule has 1 heterocycles. The highest BCUT2D eigenvalue weighted by Gasteiger charge is 2.14. The molecule has 0 saturated heterocycles. The van der Waals surface area contributed by atoms with Gasteiger partial charge in [0.05, 0.1) is 15.8 Å². The third-order valence-electron chi connectivity index (χ3n) is 3.42. The van der Waals surface area contributed by atoms with Crippen LogP contribution in [0.3, 0.4) is 0 Å². The van der Waals surface area contributed by atoms with Crippen molar-refractivity contribution >= 4 is 40.7 Å². The van der Waals surface area contributed by atoms with Gasteiger partial charge in [-0.15, -0.1) is 10.2 Å². The largest absolute Gasteiger partial charge is 0.486 e. The summed E-state index contributed by atoms with van der Waals surface area (Å²) < 4.78 is 6.91. The van der Waals surface area contributed by atoms with Crippen LogP contribution in [0, 0.1) is 0 Å². The molecule has 134 valence electrons. The van der Waals surface area contributed by atoms with E-state index in [1.807, 2.05) is 30.3 Å². The van der Waals surface area contributed by atoms with Crippen molar-refractivity contribution in [2.75, 3.05) is 11.6 Å². The second-order valence-electron chi connectivity index (χ2n) is 5.21. The molecule has 0 radical (unpaired) electrons. The molecule has 0 bridgehead atoms. The first-order chi connectivity index (χ1) is 12.5. The molecule has 2 aromatic carbocycles. The molecule has 0 amide bonds. The molecular formula is C17H14Cl2N4O2S. The highest BCUT2D eigenvalue weighted by Crippen LogP contribution is 2.24. The Morgan fingerprint density at radius 3 is 2.62 bits per heavy atom. The zero-order valence-electron chi connectivity index (χ0n) is 13.4. The van der Waals surface area contributed by atoms with E-state index in [1.165, 1.54) is 16.4 Å². The van der Waals surface area contributed by atoms with Crippen LogP contribution in [0.1, 0.15) is 16.2 Å². The van der Waals surface area contributed by atoms with Crippen molar-refractivity contribution < 1.29 is 9.53 Å². The molecule has 1 aromatic heterocycles. The molecule has 3 aromatic rings. The van der Waals surface area contributed by atoms with Crippen LogP contribution in [0.25, 0.3) is 0 Å². The van der Waals surface area contributed by atoms with E-state index >= 15 is 0 Å². The fraction of sp³-hybridized carbons (Fsp3) is 0.118. The second-order valence-corrected chi connectivity index (χ2v) is 6.97. The van der Waals surface area contributed by atoms with Gasteiger partial charge in [-0.2, -0.15) is 0 Å². The molecule has 0 spiro atoms. The van der Waals surface area contributed by atoms with Crippen LogP contribution in [0.4, 0.5) is 0 Å². The number of halogens is 2. The Morgan fingerprint density at radius 2 is 1.88 bits per heavy atom. The number of nitrogen functional groups attached to an aromatic ring is 1. The fourth-order valence-corrected chi connectivity index (χ4v) is 3.12. The molecule has 0 aliphatic carbocycles. The lowest BCUT2D eigenvalue weighted by Crippen LogP contribution is -2.16. The summed E-state index contributed by atoms with van der Waals surface area (Å²) in [7, 11) is 0. The van der Waals surface area contributed by atoms with E-state index in [4.69, 9.17) is 33.8 Å². The molecule has 0 atom stereocenters. The van der Waals surface area contributed by atoms with Crippen LogP contribution in [0.15, 0.2) is 53.7 Å². The van der Waals surface area contributed by atoms with E-state index in [-0.39, 0.29) is 18.1 Å². The normalized spacial score (nSPS) is 10.7. The van der Waals surface area contributed by atoms with Gasteiger partial charge in [-0.3, -0.25) is 4.79 Å². The topological polar surface area (TPSA) is 83.0 Å². The maximum absolute atomic E-state index is 12.3. The van der Waals surface area contributed by atoms with Gasteiger partial charge in [-0.05, 0) is 30.3 Å². The van der Waals surface area contributed by atoms with E-state index in [0.29, 0.717) is 32.3 Å². The Kier molecular flexibility index (Phi) is 6.03. The van der Waals surface area contributed by atoms with Crippen molar-refractivity contribution in [2.45, 2.75) is 11.8 Å². The van der Waals surface area contributed by atoms with Crippen LogP contribution < -0.4 is 10.6 Å². The quantitative estimate of drug-likeness (QED) is 0.363. The van der Waals surface area contributed by atoms with E-state index in [0.717, 1.165) is 0 Å². The van der Waals surface area contributed by atoms with E-state index < -0.39 is 0 Å². The molecular weight excluding hydrogens is 395 g/mol. The van der Waals surface area contributed by atoms with Crippen molar-refractivity contribution in [3.05, 3.63) is 70.0 Å². The minimum Gasteiger partial charge on any atom is -0.486 e. The number of carbonyl (C=O) groups excluding carboxylic acids is 1. The molecule has 6 nitrogen and oxygen atoms in total. The molecule has 9 heteroatoms. The van der Waals surface area contributed by atoms with E-state index in [9.17, 15) is 4.79 Å². The van der Waals surface area contributed by atoms with Crippen LogP contribution in [0.2, 0.25) is 10.0 Å². The molecule has 0 fully saturated rings. The van der Waals surface area contributed by atoms with Crippen molar-refractivity contribution in [1.82, 2.24) is 14.9 Å². The predicted octanol–water partition coefficient (Wildman–Crippen LogP) is 3.85. The third-order valence-corrected chi connectivity index (χ3v) is 5.10. The lowest BCUT2D eigenvalue weighted by atomic mass is 10.1. The minimum absolute atomic E-state index is 0.112. The first-order valence-electron chi connectivity index (χ1n) is 7.53. The number of ether oxygens (including phenoxy) is 1. The summed E-state index contributed by atoms with van der Waals surface area (Å²) in [6.07, 6.45) is 0. The number of aromatic nitrogens is 3. The highest BCUT2D eigenvalue weighted by atomic mass is 35.5. The number of ketones is 1. The molecule has 3 rings (SSSR count). The number of Topliss-reactive ketones (excluding diaryl/α,β-unsaturated/α-hetero) is 1. The van der Waals surface area contributed by atoms with E-state index in [1.54, 1.807) is 18.2 Å². The van der Waals surface area contributed by atoms with Gasteiger partial charge < -0.3 is 10.6 Å². The van der Waals surface area contributed by atoms with Gasteiger partial charge in [-0.1, -0.05) is 53.2 Å². The number of nitrogens with two attached hydrogens (primary N) is 1. The number of carbonyl (C=O) groups is 1. The van der Waals surface area contributed by atoms with Crippen LogP contribution in [-0.2, 0) is 6.61 Å². The van der Waals surface area contributed by atoms with Gasteiger partial charge in [0.15, 0.2) is 11.6 Å². The summed E-state index contributed by atoms with van der Waals surface area (Å²) in [6.45, 7) is 0.175. The average Bonchev–Trinajstić information content (AvgIpc) is 3.01. The second kappa shape index (κ2) is 8.44. The summed E-state index contributed by atoms with van der Waals surface area (Å²) in [5.74, 6) is 7.18. The number of thioether (sulfide) groups is 1. The number of hydrogen-bond acceptors (Lipinski definition) is 6. The predicted molar refractivity (Wildman–Crippen MR) is 102 cm³/mol. The zero-order chi connectivity index (χ0) is 18.5. The Morgan fingerprint density at radius 1 is 1.12 bits per heavy atom. The number of para-hydroxylation sites is 1. The van der Waals surface area contributed by atoms with Gasteiger partial charge in [0, 0.05) is 5.56 Å². The van der Waals surface area contributed by atoms with Crippen molar-refractivity contribution in [3.8, 4) is 5.75 Å². The van der Waals surface area contributed by atoms with Crippen LogP contribution in [-0.4, -0.2) is 26.4 Å². The van der Waals surface area contributed by atoms with E-state index in [2.05, 4.69) is 10.2 Å². The lowest BCUT2D eigenvalue weighted by molar-refractivity contribution is 0.102. The van der Waals surface area contributed by atoms with Gasteiger partial charge in [0.2, 0.25) is 5.16 Å². The number of rotatable bonds is 7. The van der Waals surface area contributed by atoms with Gasteiger partial charge >= 0.3 is 0 Å². The Labute approximate surface area is 164 Å². The molecule has 0 unspecified atom stereocenters. The van der Waals surface area contributed by atoms with Crippen LogP contribution in [0.5, 0.6) is 5.75 Å². The first kappa shape index (κ1) is 18.6. The maximum Gasteiger partial charge on any atom is 0.210 e. The number of nitrogens with zero attached hydrogens (tertiary/aromatic N) is 3. The minimum atomic E-state index is -0.112. The molecule has 26 heavy (non-hydrogen) atoms. The molecule has 0 aliphatic heterocycles. The fourth-order valence-electron chi connectivity index (χ4n) is 2.05. The SMILES string of the molecule is Nn1c(COc2ccccc2)nnc1SCC(=O)c1ccc(Cl)c(Cl)c1. The third kappa shape index (κ3) is 4.49. The Bertz CT molecular complexity index is 918. The standard InChI is InChI=1S/C17H14Cl2N4O2S/c18-13-7-6-11(8-14(13)19)15(24)10-26-17-22-21-16(23(17)20)9-25-12-4-2-1-3-5-12/h1-8H,9-10,20H2. The lowest BCUT2D eigenvalue weighted by Gasteiger charge is -2.06. The van der Waals surface area contributed by atoms with Crippen LogP contribution >= 0.6 is 35.0 Å². The van der Waals surface area contributed by atoms with Gasteiger partial charge in [0.1, 0.15) is 12.4 Å². The molecule has 2 N–H and O–H groups in total. The summed E-state index contributed by atoms with van der Waals surface area (Å²) in [4.78, 5) is 12.3. The summed E-state index contributed by atoms with van der Waals surface area (Å²) in [5.41, 5.74) is 0.475. The average molecular weight is 409 g/mol. The van der Waals surface area contributed by atoms with Gasteiger partial charge in [0.25, 0.3) is 0 Å². The molecule has 0 saturated carbocycles. The number of hydrogen-bond donors (Lipinski definition) is 1. The summed E-state index contributed by atoms with van der Waals surface area (Å²) in [6, 6.07) is 14.1. The highest BCUT2D eigenvalue weighted by molar-refractivity contribution is 7.99. The van der Waals surface area contributed by atoms with Crippen molar-refractivity contribution in [2.24, 2.45) is 0 Å². The molecule has 0 aliphatic rings. The van der Waals surface area contributed by atoms with Crippen molar-refractivity contribution in [3.63, 3.8) is 0 Å². The maximum atomic E-state index is 12.3. The summed E-state index contributed by atoms with van der Waals surface area (Å²) in [5, 5.41) is 9.16. The number of benzene rings is 2. The monoisotopic (exact) mass is 408 g/mol. The smallest absolute Gasteiger partial charge is 0.210 e. The zero-order valence-corrected chi connectivity index (χ0v) is 15.8. The van der Waals surface area contributed by atoms with Crippen molar-refractivity contribution in [1.29, 1.82) is 0 Å². The Balaban J connectivity index is 1.59. The van der Waals surface area contributed by atoms with Gasteiger partial charge in [-0.25, -0.2) is 4.68 Å². The first-order valence-corrected chi connectivity index (χ1v) is 9.27. The Hall–Kier alpha value is -2.22. The summed E-state index contributed by atoms with van der Waals surface area (Å²) >= 11 is 13.0.